The van der Waals surface area contributed by atoms with Gasteiger partial charge in [-0.3, -0.25) is 14.4 Å². The lowest BCUT2D eigenvalue weighted by Crippen LogP contribution is -2.30. The Morgan fingerprint density at radius 2 is 1.67 bits per heavy atom. The molecule has 0 spiro atoms. The second-order valence-electron chi connectivity index (χ2n) is 9.93. The molecule has 1 unspecified atom stereocenters. The first-order chi connectivity index (χ1) is 22.3. The Labute approximate surface area is 283 Å². The van der Waals surface area contributed by atoms with E-state index in [9.17, 15) is 14.4 Å². The topological polar surface area (TPSA) is 109 Å². The molecule has 5 rings (SSSR count). The molecule has 0 radical (unpaired) electrons. The normalized spacial score (nSPS) is 11.8. The number of anilines is 2. The van der Waals surface area contributed by atoms with E-state index in [0.29, 0.717) is 16.4 Å². The van der Waals surface area contributed by atoms with Crippen LogP contribution >= 0.6 is 39.0 Å². The van der Waals surface area contributed by atoms with Crippen molar-refractivity contribution in [3.63, 3.8) is 0 Å². The van der Waals surface area contributed by atoms with Crippen LogP contribution in [-0.4, -0.2) is 35.1 Å². The molecule has 0 bridgehead atoms. The quantitative estimate of drug-likeness (QED) is 0.0943. The van der Waals surface area contributed by atoms with Crippen LogP contribution in [0.15, 0.2) is 124 Å². The van der Waals surface area contributed by atoms with Gasteiger partial charge in [0, 0.05) is 31.6 Å². The van der Waals surface area contributed by atoms with Crippen molar-refractivity contribution in [1.29, 1.82) is 0 Å². The van der Waals surface area contributed by atoms with E-state index in [-0.39, 0.29) is 11.6 Å². The molecular weight excluding hydrogens is 684 g/mol. The number of nitrogens with one attached hydrogen (secondary N) is 3. The summed E-state index contributed by atoms with van der Waals surface area (Å²) in [6.07, 6.45) is 1.62. The zero-order chi connectivity index (χ0) is 32.5. The summed E-state index contributed by atoms with van der Waals surface area (Å²) >= 11 is 6.15. The van der Waals surface area contributed by atoms with Crippen molar-refractivity contribution in [2.45, 2.75) is 17.1 Å². The minimum atomic E-state index is -0.492. The lowest BCUT2D eigenvalue weighted by atomic mass is 10.1. The second kappa shape index (κ2) is 15.5. The number of nitrogens with zero attached hydrogens (tertiary/aromatic N) is 1. The van der Waals surface area contributed by atoms with Gasteiger partial charge in [-0.1, -0.05) is 52.3 Å². The van der Waals surface area contributed by atoms with E-state index in [1.54, 1.807) is 62.6 Å². The number of ether oxygens (including phenoxy) is 1. The maximum atomic E-state index is 13.5. The first-order valence-corrected chi connectivity index (χ1v) is 16.6. The highest BCUT2D eigenvalue weighted by Gasteiger charge is 2.18. The maximum absolute atomic E-state index is 13.5. The molecule has 4 aromatic carbocycles. The van der Waals surface area contributed by atoms with Crippen LogP contribution in [0.25, 0.3) is 17.3 Å². The van der Waals surface area contributed by atoms with Crippen molar-refractivity contribution < 1.29 is 19.1 Å². The maximum Gasteiger partial charge on any atom is 0.272 e. The van der Waals surface area contributed by atoms with Gasteiger partial charge in [0.1, 0.15) is 11.4 Å². The number of halogens is 1. The monoisotopic (exact) mass is 712 g/mol. The third kappa shape index (κ3) is 8.94. The number of aromatic nitrogens is 1. The van der Waals surface area contributed by atoms with Crippen molar-refractivity contribution in [3.05, 3.63) is 130 Å². The van der Waals surface area contributed by atoms with Crippen LogP contribution in [0.2, 0.25) is 0 Å². The van der Waals surface area contributed by atoms with Gasteiger partial charge >= 0.3 is 0 Å². The summed E-state index contributed by atoms with van der Waals surface area (Å²) in [6, 6.07) is 30.8. The van der Waals surface area contributed by atoms with Gasteiger partial charge in [0.15, 0.2) is 5.13 Å². The molecule has 3 amide bonds. The molecule has 0 fully saturated rings. The van der Waals surface area contributed by atoms with Crippen molar-refractivity contribution >= 4 is 73.6 Å². The van der Waals surface area contributed by atoms with Gasteiger partial charge in [-0.15, -0.1) is 23.1 Å². The lowest BCUT2D eigenvalue weighted by molar-refractivity contribution is -0.115. The number of rotatable bonds is 11. The minimum Gasteiger partial charge on any atom is -0.497 e. The molecule has 8 nitrogen and oxygen atoms in total. The molecule has 5 aromatic rings. The zero-order valence-corrected chi connectivity index (χ0v) is 28.0. The number of thioether (sulfide) groups is 1. The number of methoxy groups -OCH3 is 1. The molecule has 0 aliphatic carbocycles. The molecular formula is C35H29BrN4O4S2. The third-order valence-electron chi connectivity index (χ3n) is 6.58. The first-order valence-electron chi connectivity index (χ1n) is 14.1. The van der Waals surface area contributed by atoms with Gasteiger partial charge in [-0.05, 0) is 85.3 Å². The van der Waals surface area contributed by atoms with Crippen molar-refractivity contribution in [1.82, 2.24) is 10.3 Å². The van der Waals surface area contributed by atoms with Crippen molar-refractivity contribution in [2.75, 3.05) is 17.7 Å². The van der Waals surface area contributed by atoms with Crippen molar-refractivity contribution in [3.8, 4) is 17.0 Å². The molecule has 1 atom stereocenters. The summed E-state index contributed by atoms with van der Waals surface area (Å²) in [5.41, 5.74) is 3.44. The fraction of sp³-hybridized carbons (Fsp3) is 0.0857. The molecule has 46 heavy (non-hydrogen) atoms. The zero-order valence-electron chi connectivity index (χ0n) is 24.8. The fourth-order valence-corrected chi connectivity index (χ4v) is 6.31. The fourth-order valence-electron chi connectivity index (χ4n) is 4.24. The summed E-state index contributed by atoms with van der Waals surface area (Å²) in [5, 5.41) is 10.5. The molecule has 3 N–H and O–H groups in total. The summed E-state index contributed by atoms with van der Waals surface area (Å²) in [6.45, 7) is 1.81. The van der Waals surface area contributed by atoms with Crippen LogP contribution in [0.4, 0.5) is 10.8 Å². The SMILES string of the molecule is COc1ccc(-c2csc(NC(=O)C(C)Sc3cccc(NC(=O)/C(=C\c4cccc(Br)c4)NC(=O)c4ccccc4)c3)n2)cc1. The Hall–Kier alpha value is -4.71. The lowest BCUT2D eigenvalue weighted by Gasteiger charge is -2.14. The largest absolute Gasteiger partial charge is 0.497 e. The van der Waals surface area contributed by atoms with Crippen LogP contribution in [0.1, 0.15) is 22.8 Å². The summed E-state index contributed by atoms with van der Waals surface area (Å²) in [4.78, 5) is 44.8. The molecule has 232 valence electrons. The predicted molar refractivity (Wildman–Crippen MR) is 189 cm³/mol. The van der Waals surface area contributed by atoms with Crippen LogP contribution in [0.5, 0.6) is 5.75 Å². The highest BCUT2D eigenvalue weighted by molar-refractivity contribution is 9.10. The number of amides is 3. The van der Waals surface area contributed by atoms with Crippen LogP contribution in [0.3, 0.4) is 0 Å². The third-order valence-corrected chi connectivity index (χ3v) is 8.93. The Morgan fingerprint density at radius 1 is 0.913 bits per heavy atom. The number of hydrogen-bond acceptors (Lipinski definition) is 7. The van der Waals surface area contributed by atoms with E-state index in [2.05, 4.69) is 36.9 Å². The Balaban J connectivity index is 1.24. The number of hydrogen-bond donors (Lipinski definition) is 3. The molecule has 1 heterocycles. The van der Waals surface area contributed by atoms with Gasteiger partial charge in [-0.2, -0.15) is 0 Å². The van der Waals surface area contributed by atoms with E-state index in [1.807, 2.05) is 66.0 Å². The molecule has 0 aliphatic rings. The average molecular weight is 714 g/mol. The van der Waals surface area contributed by atoms with E-state index in [1.165, 1.54) is 23.1 Å². The second-order valence-corrected chi connectivity index (χ2v) is 13.1. The van der Waals surface area contributed by atoms with Crippen molar-refractivity contribution in [2.24, 2.45) is 0 Å². The highest BCUT2D eigenvalue weighted by Crippen LogP contribution is 2.29. The van der Waals surface area contributed by atoms with E-state index >= 15 is 0 Å². The van der Waals surface area contributed by atoms with Gasteiger partial charge in [0.25, 0.3) is 11.8 Å². The van der Waals surface area contributed by atoms with E-state index in [4.69, 9.17) is 4.74 Å². The van der Waals surface area contributed by atoms with Gasteiger partial charge in [-0.25, -0.2) is 4.98 Å². The standard InChI is InChI=1S/C35H29BrN4O4S2/c1-22(32(41)40-35-39-31(21-45-35)24-14-16-28(44-2)17-15-24)46-29-13-7-12-27(20-29)37-34(43)30(19-23-8-6-11-26(36)18-23)38-33(42)25-9-4-3-5-10-25/h3-22H,1-2H3,(H,37,43)(H,38,42)(H,39,40,41)/b30-19+. The molecule has 0 saturated carbocycles. The molecule has 0 aliphatic heterocycles. The smallest absolute Gasteiger partial charge is 0.272 e. The number of carbonyl (C=O) groups excluding carboxylic acids is 3. The van der Waals surface area contributed by atoms with E-state index < -0.39 is 17.1 Å². The first kappa shape index (κ1) is 32.7. The molecule has 11 heteroatoms. The Kier molecular flexibility index (Phi) is 11.0. The Bertz CT molecular complexity index is 1880. The van der Waals surface area contributed by atoms with Crippen LogP contribution in [0, 0.1) is 0 Å². The van der Waals surface area contributed by atoms with E-state index in [0.717, 1.165) is 31.9 Å². The predicted octanol–water partition coefficient (Wildman–Crippen LogP) is 8.11. The van der Waals surface area contributed by atoms with Crippen LogP contribution < -0.4 is 20.7 Å². The van der Waals surface area contributed by atoms with Crippen LogP contribution in [-0.2, 0) is 9.59 Å². The minimum absolute atomic E-state index is 0.0789. The number of thiazole rings is 1. The molecule has 1 aromatic heterocycles. The van der Waals surface area contributed by atoms with Gasteiger partial charge in [0.05, 0.1) is 18.1 Å². The van der Waals surface area contributed by atoms with Gasteiger partial charge < -0.3 is 20.7 Å². The highest BCUT2D eigenvalue weighted by atomic mass is 79.9. The number of carbonyl (C=O) groups is 3. The Morgan fingerprint density at radius 3 is 2.41 bits per heavy atom. The summed E-state index contributed by atoms with van der Waals surface area (Å²) in [7, 11) is 1.62. The summed E-state index contributed by atoms with van der Waals surface area (Å²) < 4.78 is 6.05. The number of benzene rings is 4. The molecule has 0 saturated heterocycles. The summed E-state index contributed by atoms with van der Waals surface area (Å²) in [5.74, 6) is -0.335. The average Bonchev–Trinajstić information content (AvgIpc) is 3.53. The van der Waals surface area contributed by atoms with Gasteiger partial charge in [0.2, 0.25) is 5.91 Å².